The average Bonchev–Trinajstić information content (AvgIpc) is 2.37. The Hall–Kier alpha value is -2.23. The quantitative estimate of drug-likeness (QED) is 0.840. The third-order valence-electron chi connectivity index (χ3n) is 2.72. The zero-order valence-corrected chi connectivity index (χ0v) is 10.6. The number of methoxy groups -OCH3 is 1. The van der Waals surface area contributed by atoms with Crippen LogP contribution in [-0.4, -0.2) is 18.7 Å². The summed E-state index contributed by atoms with van der Waals surface area (Å²) in [7, 11) is 1.63. The monoisotopic (exact) mass is 244 g/mol. The molecule has 1 heterocycles. The number of ether oxygens (including phenoxy) is 2. The van der Waals surface area contributed by atoms with Gasteiger partial charge in [0.05, 0.1) is 13.7 Å². The van der Waals surface area contributed by atoms with Gasteiger partial charge < -0.3 is 15.2 Å². The summed E-state index contributed by atoms with van der Waals surface area (Å²) in [6.07, 6.45) is 1.70. The van der Waals surface area contributed by atoms with Crippen LogP contribution in [0.5, 0.6) is 5.75 Å². The number of pyridine rings is 1. The van der Waals surface area contributed by atoms with Gasteiger partial charge in [0.15, 0.2) is 0 Å². The third kappa shape index (κ3) is 2.09. The summed E-state index contributed by atoms with van der Waals surface area (Å²) in [5.74, 6) is 1.84. The van der Waals surface area contributed by atoms with Crippen molar-refractivity contribution in [3.63, 3.8) is 0 Å². The van der Waals surface area contributed by atoms with E-state index in [0.29, 0.717) is 18.2 Å². The maximum atomic E-state index is 5.74. The average molecular weight is 244 g/mol. The van der Waals surface area contributed by atoms with Gasteiger partial charge in [-0.25, -0.2) is 4.98 Å². The molecule has 0 atom stereocenters. The van der Waals surface area contributed by atoms with Crippen LogP contribution in [0.4, 0.5) is 5.82 Å². The van der Waals surface area contributed by atoms with Crippen molar-refractivity contribution in [2.45, 2.75) is 6.92 Å². The van der Waals surface area contributed by atoms with E-state index in [9.17, 15) is 0 Å². The second kappa shape index (κ2) is 4.96. The summed E-state index contributed by atoms with van der Waals surface area (Å²) in [6.45, 7) is 6.43. The van der Waals surface area contributed by atoms with Gasteiger partial charge in [-0.2, -0.15) is 0 Å². The summed E-state index contributed by atoms with van der Waals surface area (Å²) in [6, 6.07) is 5.59. The minimum absolute atomic E-state index is 0.460. The van der Waals surface area contributed by atoms with Gasteiger partial charge in [-0.3, -0.25) is 0 Å². The summed E-state index contributed by atoms with van der Waals surface area (Å²) in [4.78, 5) is 4.09. The zero-order valence-electron chi connectivity index (χ0n) is 10.6. The lowest BCUT2D eigenvalue weighted by Crippen LogP contribution is -1.96. The van der Waals surface area contributed by atoms with E-state index in [4.69, 9.17) is 15.2 Å². The maximum Gasteiger partial charge on any atom is 0.128 e. The predicted molar refractivity (Wildman–Crippen MR) is 73.4 cm³/mol. The second-order valence-electron chi connectivity index (χ2n) is 3.83. The molecule has 0 aliphatic carbocycles. The van der Waals surface area contributed by atoms with E-state index in [0.717, 1.165) is 22.1 Å². The van der Waals surface area contributed by atoms with Crippen molar-refractivity contribution in [3.05, 3.63) is 36.5 Å². The molecule has 2 aromatic rings. The molecular weight excluding hydrogens is 228 g/mol. The highest BCUT2D eigenvalue weighted by atomic mass is 16.5. The van der Waals surface area contributed by atoms with E-state index < -0.39 is 0 Å². The predicted octanol–water partition coefficient (Wildman–Crippen LogP) is 2.83. The Morgan fingerprint density at radius 1 is 1.39 bits per heavy atom. The Labute approximate surface area is 106 Å². The van der Waals surface area contributed by atoms with E-state index in [1.165, 1.54) is 0 Å². The van der Waals surface area contributed by atoms with Crippen LogP contribution in [0.25, 0.3) is 16.5 Å². The number of anilines is 1. The minimum atomic E-state index is 0.460. The first kappa shape index (κ1) is 12.2. The van der Waals surface area contributed by atoms with E-state index >= 15 is 0 Å². The van der Waals surface area contributed by atoms with Crippen LogP contribution in [0.15, 0.2) is 31.0 Å². The van der Waals surface area contributed by atoms with Crippen LogP contribution in [0.1, 0.15) is 12.5 Å². The van der Waals surface area contributed by atoms with Crippen molar-refractivity contribution in [2.75, 3.05) is 19.5 Å². The van der Waals surface area contributed by atoms with Crippen LogP contribution in [-0.2, 0) is 4.74 Å². The van der Waals surface area contributed by atoms with Gasteiger partial charge in [0.1, 0.15) is 17.3 Å². The number of aromatic nitrogens is 1. The molecule has 4 heteroatoms. The van der Waals surface area contributed by atoms with Crippen LogP contribution in [0, 0.1) is 0 Å². The fourth-order valence-corrected chi connectivity index (χ4v) is 1.90. The first-order valence-corrected chi connectivity index (χ1v) is 5.71. The number of benzene rings is 1. The lowest BCUT2D eigenvalue weighted by Gasteiger charge is -2.12. The molecule has 1 aromatic carbocycles. The largest absolute Gasteiger partial charge is 0.496 e. The molecule has 0 bridgehead atoms. The van der Waals surface area contributed by atoms with Crippen molar-refractivity contribution in [2.24, 2.45) is 0 Å². The molecule has 2 rings (SSSR count). The minimum Gasteiger partial charge on any atom is -0.496 e. The maximum absolute atomic E-state index is 5.74. The Kier molecular flexibility index (Phi) is 3.37. The van der Waals surface area contributed by atoms with Crippen LogP contribution >= 0.6 is 0 Å². The third-order valence-corrected chi connectivity index (χ3v) is 2.72. The van der Waals surface area contributed by atoms with E-state index in [1.54, 1.807) is 19.4 Å². The van der Waals surface area contributed by atoms with E-state index in [-0.39, 0.29) is 0 Å². The summed E-state index contributed by atoms with van der Waals surface area (Å²) < 4.78 is 10.8. The summed E-state index contributed by atoms with van der Waals surface area (Å²) in [5.41, 5.74) is 6.64. The second-order valence-corrected chi connectivity index (χ2v) is 3.83. The standard InChI is InChI=1S/C14H16N2O2/c1-4-18-9(2)10-5-6-13(17-3)12-8-16-14(15)7-11(10)12/h5-8H,2,4H2,1,3H3,(H2,15,16). The lowest BCUT2D eigenvalue weighted by molar-refractivity contribution is 0.299. The fraction of sp³-hybridized carbons (Fsp3) is 0.214. The highest BCUT2D eigenvalue weighted by molar-refractivity contribution is 5.96. The zero-order chi connectivity index (χ0) is 13.1. The van der Waals surface area contributed by atoms with Gasteiger partial charge in [0, 0.05) is 22.5 Å². The topological polar surface area (TPSA) is 57.4 Å². The summed E-state index contributed by atoms with van der Waals surface area (Å²) >= 11 is 0. The molecular formula is C14H16N2O2. The molecule has 0 fully saturated rings. The number of nitrogens with zero attached hydrogens (tertiary/aromatic N) is 1. The normalized spacial score (nSPS) is 10.3. The molecule has 94 valence electrons. The fourth-order valence-electron chi connectivity index (χ4n) is 1.90. The number of rotatable bonds is 4. The molecule has 1 aromatic heterocycles. The van der Waals surface area contributed by atoms with E-state index in [1.807, 2.05) is 19.1 Å². The Morgan fingerprint density at radius 3 is 2.83 bits per heavy atom. The van der Waals surface area contributed by atoms with Crippen LogP contribution in [0.3, 0.4) is 0 Å². The highest BCUT2D eigenvalue weighted by Crippen LogP contribution is 2.32. The molecule has 0 aliphatic rings. The van der Waals surface area contributed by atoms with Gasteiger partial charge in [0.25, 0.3) is 0 Å². The molecule has 0 saturated heterocycles. The molecule has 0 amide bonds. The van der Waals surface area contributed by atoms with Crippen molar-refractivity contribution >= 4 is 22.3 Å². The van der Waals surface area contributed by atoms with Crippen LogP contribution < -0.4 is 10.5 Å². The van der Waals surface area contributed by atoms with E-state index in [2.05, 4.69) is 11.6 Å². The highest BCUT2D eigenvalue weighted by Gasteiger charge is 2.10. The van der Waals surface area contributed by atoms with Crippen LogP contribution in [0.2, 0.25) is 0 Å². The number of hydrogen-bond donors (Lipinski definition) is 1. The number of nitrogens with two attached hydrogens (primary N) is 1. The van der Waals surface area contributed by atoms with Gasteiger partial charge in [-0.15, -0.1) is 0 Å². The Morgan fingerprint density at radius 2 is 2.17 bits per heavy atom. The lowest BCUT2D eigenvalue weighted by atomic mass is 10.0. The van der Waals surface area contributed by atoms with Crippen molar-refractivity contribution in [1.29, 1.82) is 0 Å². The molecule has 0 radical (unpaired) electrons. The molecule has 18 heavy (non-hydrogen) atoms. The number of nitrogen functional groups attached to an aromatic ring is 1. The Bertz CT molecular complexity index is 594. The number of hydrogen-bond acceptors (Lipinski definition) is 4. The molecule has 4 nitrogen and oxygen atoms in total. The first-order chi connectivity index (χ1) is 8.67. The first-order valence-electron chi connectivity index (χ1n) is 5.71. The van der Waals surface area contributed by atoms with Crippen molar-refractivity contribution in [1.82, 2.24) is 4.98 Å². The van der Waals surface area contributed by atoms with Crippen molar-refractivity contribution in [3.8, 4) is 5.75 Å². The SMILES string of the molecule is C=C(OCC)c1ccc(OC)c2cnc(N)cc12. The number of fused-ring (bicyclic) bond motifs is 1. The molecule has 2 N–H and O–H groups in total. The van der Waals surface area contributed by atoms with Gasteiger partial charge >= 0.3 is 0 Å². The van der Waals surface area contributed by atoms with Gasteiger partial charge in [-0.05, 0) is 25.1 Å². The smallest absolute Gasteiger partial charge is 0.128 e. The van der Waals surface area contributed by atoms with Gasteiger partial charge in [-0.1, -0.05) is 6.58 Å². The Balaban J connectivity index is 2.68. The molecule has 0 spiro atoms. The van der Waals surface area contributed by atoms with Gasteiger partial charge in [0.2, 0.25) is 0 Å². The molecule has 0 unspecified atom stereocenters. The molecule has 0 saturated carbocycles. The molecule has 0 aliphatic heterocycles. The summed E-state index contributed by atoms with van der Waals surface area (Å²) in [5, 5.41) is 1.82. The van der Waals surface area contributed by atoms with Crippen molar-refractivity contribution < 1.29 is 9.47 Å².